The van der Waals surface area contributed by atoms with E-state index in [1.807, 2.05) is 30.3 Å². The highest BCUT2D eigenvalue weighted by molar-refractivity contribution is 7.89. The van der Waals surface area contributed by atoms with Gasteiger partial charge in [0.2, 0.25) is 15.9 Å². The van der Waals surface area contributed by atoms with Crippen LogP contribution in [-0.2, 0) is 21.2 Å². The van der Waals surface area contributed by atoms with E-state index in [-0.39, 0.29) is 35.3 Å². The average molecular weight is 460 g/mol. The highest BCUT2D eigenvalue weighted by Crippen LogP contribution is 2.25. The van der Waals surface area contributed by atoms with Crippen LogP contribution in [0, 0.1) is 0 Å². The quantitative estimate of drug-likeness (QED) is 0.563. The lowest BCUT2D eigenvalue weighted by Gasteiger charge is -2.34. The van der Waals surface area contributed by atoms with Gasteiger partial charge in [0.05, 0.1) is 11.2 Å². The van der Waals surface area contributed by atoms with Gasteiger partial charge < -0.3 is 9.32 Å². The number of oxazole rings is 1. The summed E-state index contributed by atoms with van der Waals surface area (Å²) in [5.41, 5.74) is 0.934. The third kappa shape index (κ3) is 4.81. The number of aryl methyl sites for hydroxylation is 1. The molecule has 0 saturated carbocycles. The van der Waals surface area contributed by atoms with Gasteiger partial charge in [0.15, 0.2) is 11.7 Å². The first-order chi connectivity index (χ1) is 14.9. The van der Waals surface area contributed by atoms with E-state index in [9.17, 15) is 13.2 Å². The molecule has 2 aromatic carbocycles. The van der Waals surface area contributed by atoms with Crippen LogP contribution in [0.2, 0.25) is 5.02 Å². The second-order valence-corrected chi connectivity index (χ2v) is 9.51. The van der Waals surface area contributed by atoms with Crippen molar-refractivity contribution in [2.24, 2.45) is 0 Å². The van der Waals surface area contributed by atoms with Crippen molar-refractivity contribution in [2.45, 2.75) is 17.7 Å². The molecule has 1 saturated heterocycles. The zero-order valence-corrected chi connectivity index (χ0v) is 18.3. The number of sulfonamides is 1. The Balaban J connectivity index is 1.31. The van der Waals surface area contributed by atoms with E-state index in [4.69, 9.17) is 16.0 Å². The number of amides is 1. The molecule has 1 aliphatic heterocycles. The maximum absolute atomic E-state index is 12.8. The number of carbonyl (C=O) groups is 1. The molecule has 4 rings (SSSR count). The lowest BCUT2D eigenvalue weighted by Crippen LogP contribution is -2.50. The molecule has 0 bridgehead atoms. The van der Waals surface area contributed by atoms with Crippen molar-refractivity contribution in [2.75, 3.05) is 26.2 Å². The van der Waals surface area contributed by atoms with Crippen molar-refractivity contribution in [3.63, 3.8) is 0 Å². The van der Waals surface area contributed by atoms with E-state index in [0.29, 0.717) is 31.2 Å². The first-order valence-corrected chi connectivity index (χ1v) is 11.8. The first kappa shape index (κ1) is 21.5. The van der Waals surface area contributed by atoms with Gasteiger partial charge in [0, 0.05) is 44.6 Å². The molecule has 0 atom stereocenters. The summed E-state index contributed by atoms with van der Waals surface area (Å²) in [6.07, 6.45) is 2.31. The summed E-state index contributed by atoms with van der Waals surface area (Å²) in [4.78, 5) is 18.6. The predicted molar refractivity (Wildman–Crippen MR) is 117 cm³/mol. The van der Waals surface area contributed by atoms with Crippen molar-refractivity contribution in [1.29, 1.82) is 0 Å². The van der Waals surface area contributed by atoms with Gasteiger partial charge in [-0.25, -0.2) is 13.4 Å². The SMILES string of the molecule is O=C(CCc1ncc(-c2ccccc2)o1)N1CCN(S(=O)(=O)c2ccccc2Cl)CC1. The van der Waals surface area contributed by atoms with Gasteiger partial charge in [-0.1, -0.05) is 54.1 Å². The molecule has 0 radical (unpaired) electrons. The summed E-state index contributed by atoms with van der Waals surface area (Å²) < 4.78 is 32.8. The summed E-state index contributed by atoms with van der Waals surface area (Å²) in [6.45, 7) is 1.14. The van der Waals surface area contributed by atoms with Crippen molar-refractivity contribution in [1.82, 2.24) is 14.2 Å². The maximum Gasteiger partial charge on any atom is 0.244 e. The third-order valence-corrected chi connectivity index (χ3v) is 7.61. The Kier molecular flexibility index (Phi) is 6.41. The molecule has 0 unspecified atom stereocenters. The zero-order chi connectivity index (χ0) is 21.8. The van der Waals surface area contributed by atoms with E-state index < -0.39 is 10.0 Å². The molecule has 7 nitrogen and oxygen atoms in total. The van der Waals surface area contributed by atoms with Gasteiger partial charge >= 0.3 is 0 Å². The van der Waals surface area contributed by atoms with Crippen molar-refractivity contribution < 1.29 is 17.6 Å². The number of benzene rings is 2. The molecule has 9 heteroatoms. The van der Waals surface area contributed by atoms with Crippen LogP contribution >= 0.6 is 11.6 Å². The predicted octanol–water partition coefficient (Wildman–Crippen LogP) is 3.46. The molecule has 2 heterocycles. The Bertz CT molecular complexity index is 1160. The smallest absolute Gasteiger partial charge is 0.244 e. The summed E-state index contributed by atoms with van der Waals surface area (Å²) >= 11 is 6.06. The Morgan fingerprint density at radius 3 is 2.39 bits per heavy atom. The van der Waals surface area contributed by atoms with Gasteiger partial charge in [-0.05, 0) is 12.1 Å². The summed E-state index contributed by atoms with van der Waals surface area (Å²) in [7, 11) is -3.68. The van der Waals surface area contributed by atoms with Crippen LogP contribution in [0.25, 0.3) is 11.3 Å². The van der Waals surface area contributed by atoms with Crippen LogP contribution in [-0.4, -0.2) is 54.7 Å². The number of nitrogens with zero attached hydrogens (tertiary/aromatic N) is 3. The highest BCUT2D eigenvalue weighted by atomic mass is 35.5. The molecule has 0 aliphatic carbocycles. The fraction of sp³-hybridized carbons (Fsp3) is 0.273. The van der Waals surface area contributed by atoms with E-state index in [2.05, 4.69) is 4.98 Å². The minimum absolute atomic E-state index is 0.0470. The molecule has 1 aromatic heterocycles. The largest absolute Gasteiger partial charge is 0.441 e. The Morgan fingerprint density at radius 1 is 1.00 bits per heavy atom. The molecule has 0 spiro atoms. The summed E-state index contributed by atoms with van der Waals surface area (Å²) in [5.74, 6) is 1.13. The van der Waals surface area contributed by atoms with Crippen LogP contribution in [0.15, 0.2) is 70.1 Å². The molecule has 1 aliphatic rings. The molecular weight excluding hydrogens is 438 g/mol. The number of aromatic nitrogens is 1. The standard InChI is InChI=1S/C22H22ClN3O4S/c23-18-8-4-5-9-20(18)31(28,29)26-14-12-25(13-15-26)22(27)11-10-21-24-16-19(30-21)17-6-2-1-3-7-17/h1-9,16H,10-15H2. The van der Waals surface area contributed by atoms with Crippen molar-refractivity contribution in [3.8, 4) is 11.3 Å². The number of hydrogen-bond acceptors (Lipinski definition) is 5. The Labute approximate surface area is 186 Å². The number of hydrogen-bond donors (Lipinski definition) is 0. The lowest BCUT2D eigenvalue weighted by atomic mass is 10.2. The van der Waals surface area contributed by atoms with Gasteiger partial charge in [0.25, 0.3) is 0 Å². The van der Waals surface area contributed by atoms with Crippen molar-refractivity contribution in [3.05, 3.63) is 71.7 Å². The highest BCUT2D eigenvalue weighted by Gasteiger charge is 2.31. The average Bonchev–Trinajstić information content (AvgIpc) is 3.27. The van der Waals surface area contributed by atoms with Gasteiger partial charge in [-0.2, -0.15) is 4.31 Å². The molecule has 162 valence electrons. The second-order valence-electron chi connectivity index (χ2n) is 7.20. The molecule has 1 fully saturated rings. The van der Waals surface area contributed by atoms with E-state index in [1.165, 1.54) is 10.4 Å². The van der Waals surface area contributed by atoms with Crippen LogP contribution < -0.4 is 0 Å². The minimum Gasteiger partial charge on any atom is -0.441 e. The van der Waals surface area contributed by atoms with Gasteiger partial charge in [-0.3, -0.25) is 4.79 Å². The molecule has 1 amide bonds. The van der Waals surface area contributed by atoms with Crippen molar-refractivity contribution >= 4 is 27.5 Å². The van der Waals surface area contributed by atoms with E-state index in [0.717, 1.165) is 5.56 Å². The number of carbonyl (C=O) groups excluding carboxylic acids is 1. The van der Waals surface area contributed by atoms with Crippen LogP contribution in [0.4, 0.5) is 0 Å². The normalized spacial score (nSPS) is 15.2. The van der Waals surface area contributed by atoms with Crippen LogP contribution in [0.5, 0.6) is 0 Å². The van der Waals surface area contributed by atoms with Gasteiger partial charge in [-0.15, -0.1) is 0 Å². The fourth-order valence-electron chi connectivity index (χ4n) is 3.50. The molecule has 31 heavy (non-hydrogen) atoms. The minimum atomic E-state index is -3.68. The Hall–Kier alpha value is -2.68. The third-order valence-electron chi connectivity index (χ3n) is 5.21. The number of piperazine rings is 1. The second kappa shape index (κ2) is 9.21. The zero-order valence-electron chi connectivity index (χ0n) is 16.8. The maximum atomic E-state index is 12.8. The van der Waals surface area contributed by atoms with Crippen LogP contribution in [0.3, 0.4) is 0 Å². The van der Waals surface area contributed by atoms with E-state index >= 15 is 0 Å². The lowest BCUT2D eigenvalue weighted by molar-refractivity contribution is -0.132. The topological polar surface area (TPSA) is 83.7 Å². The monoisotopic (exact) mass is 459 g/mol. The molecule has 3 aromatic rings. The molecular formula is C22H22ClN3O4S. The number of rotatable bonds is 6. The van der Waals surface area contributed by atoms with E-state index in [1.54, 1.807) is 29.3 Å². The Morgan fingerprint density at radius 2 is 1.68 bits per heavy atom. The molecule has 0 N–H and O–H groups in total. The fourth-order valence-corrected chi connectivity index (χ4v) is 5.42. The number of halogens is 1. The van der Waals surface area contributed by atoms with Crippen LogP contribution in [0.1, 0.15) is 12.3 Å². The summed E-state index contributed by atoms with van der Waals surface area (Å²) in [6, 6.07) is 16.0. The van der Waals surface area contributed by atoms with Gasteiger partial charge in [0.1, 0.15) is 4.90 Å². The first-order valence-electron chi connectivity index (χ1n) is 9.98. The summed E-state index contributed by atoms with van der Waals surface area (Å²) in [5, 5.41) is 0.196.